The van der Waals surface area contributed by atoms with Crippen molar-refractivity contribution in [1.82, 2.24) is 0 Å². The van der Waals surface area contributed by atoms with E-state index in [4.69, 9.17) is 18.6 Å². The Morgan fingerprint density at radius 2 is 1.14 bits per heavy atom. The van der Waals surface area contributed by atoms with Crippen LogP contribution in [0.25, 0.3) is 0 Å². The van der Waals surface area contributed by atoms with Gasteiger partial charge in [-0.1, -0.05) is 6.92 Å². The van der Waals surface area contributed by atoms with Crippen LogP contribution >= 0.6 is 0 Å². The normalized spacial score (nSPS) is 31.5. The van der Waals surface area contributed by atoms with Crippen LogP contribution < -0.4 is 0 Å². The molecule has 2 rings (SSSR count). The first-order valence-electron chi connectivity index (χ1n) is 8.25. The lowest BCUT2D eigenvalue weighted by Crippen LogP contribution is -2.58. The van der Waals surface area contributed by atoms with E-state index in [1.54, 1.807) is 0 Å². The average molecular weight is 309 g/mol. The molecule has 0 amide bonds. The summed E-state index contributed by atoms with van der Waals surface area (Å²) < 4.78 is 25.5. The lowest BCUT2D eigenvalue weighted by atomic mass is 9.25. The second-order valence-electron chi connectivity index (χ2n) is 8.68. The van der Waals surface area contributed by atoms with Gasteiger partial charge in [-0.3, -0.25) is 0 Å². The highest BCUT2D eigenvalue weighted by molar-refractivity contribution is 7.26. The highest BCUT2D eigenvalue weighted by Crippen LogP contribution is 2.49. The average Bonchev–Trinajstić information content (AvgIpc) is 2.67. The van der Waals surface area contributed by atoms with Gasteiger partial charge in [-0.05, 0) is 62.3 Å². The smallest absolute Gasteiger partial charge is 0.333 e. The van der Waals surface area contributed by atoms with Crippen LogP contribution in [-0.4, -0.2) is 35.9 Å². The van der Waals surface area contributed by atoms with E-state index < -0.39 is 35.9 Å². The maximum atomic E-state index is 6.50. The van der Waals surface area contributed by atoms with Crippen molar-refractivity contribution in [3.63, 3.8) is 0 Å². The van der Waals surface area contributed by atoms with Gasteiger partial charge in [-0.2, -0.15) is 5.47 Å². The first-order chi connectivity index (χ1) is 9.71. The molecule has 0 aromatic carbocycles. The third-order valence-electron chi connectivity index (χ3n) is 6.11. The molecule has 0 N–H and O–H groups in total. The molecule has 0 saturated carbocycles. The van der Waals surface area contributed by atoms with Crippen molar-refractivity contribution in [2.24, 2.45) is 0 Å². The topological polar surface area (TPSA) is 36.9 Å². The van der Waals surface area contributed by atoms with Crippen LogP contribution in [0.5, 0.6) is 0 Å². The van der Waals surface area contributed by atoms with Gasteiger partial charge in [0.2, 0.25) is 0 Å². The van der Waals surface area contributed by atoms with Gasteiger partial charge in [0.05, 0.1) is 11.2 Å². The molecule has 2 heterocycles. The van der Waals surface area contributed by atoms with E-state index in [2.05, 4.69) is 27.7 Å². The van der Waals surface area contributed by atoms with Gasteiger partial charge in [0, 0.05) is 11.2 Å². The van der Waals surface area contributed by atoms with Crippen LogP contribution in [0.15, 0.2) is 11.5 Å². The molecule has 126 valence electrons. The fourth-order valence-corrected chi connectivity index (χ4v) is 3.00. The fraction of sp³-hybridized carbons (Fsp3) is 0.875. The minimum atomic E-state index is -1.84. The Morgan fingerprint density at radius 1 is 0.773 bits per heavy atom. The predicted octanol–water partition coefficient (Wildman–Crippen LogP) is 3.71. The van der Waals surface area contributed by atoms with E-state index in [-0.39, 0.29) is 0 Å². The van der Waals surface area contributed by atoms with Gasteiger partial charge in [0.25, 0.3) is 6.44 Å². The second-order valence-corrected chi connectivity index (χ2v) is 8.68. The van der Waals surface area contributed by atoms with E-state index in [0.29, 0.717) is 0 Å². The molecule has 0 bridgehead atoms. The van der Waals surface area contributed by atoms with Crippen LogP contribution in [0, 0.1) is 0 Å². The Hall–Kier alpha value is -0.290. The zero-order chi connectivity index (χ0) is 17.2. The maximum Gasteiger partial charge on any atom is 0.333 e. The molecule has 0 aromatic rings. The number of hydrogen-bond donors (Lipinski definition) is 0. The summed E-state index contributed by atoms with van der Waals surface area (Å²) in [6.45, 7) is 20.5. The molecule has 0 aromatic heterocycles. The lowest BCUT2D eigenvalue weighted by Gasteiger charge is -2.40. The standard InChI is InChI=1S/C16H31B2O4/c1-11-12(2)18(21-15(7,8)16(9,10)22-18)17-19-13(3,4)14(5,6)20-17/h11H,1-10H3/q-1/b12-11+. The van der Waals surface area contributed by atoms with Crippen molar-refractivity contribution in [2.45, 2.75) is 91.6 Å². The Labute approximate surface area is 136 Å². The van der Waals surface area contributed by atoms with E-state index in [1.807, 2.05) is 47.6 Å². The molecule has 22 heavy (non-hydrogen) atoms. The van der Waals surface area contributed by atoms with Crippen LogP contribution in [0.4, 0.5) is 0 Å². The summed E-state index contributed by atoms with van der Waals surface area (Å²) in [5, 5.41) is 0. The van der Waals surface area contributed by atoms with E-state index in [0.717, 1.165) is 5.47 Å². The Bertz CT molecular complexity index is 462. The number of hydrogen-bond acceptors (Lipinski definition) is 4. The van der Waals surface area contributed by atoms with E-state index >= 15 is 0 Å². The van der Waals surface area contributed by atoms with Crippen LogP contribution in [0.1, 0.15) is 69.2 Å². The van der Waals surface area contributed by atoms with Gasteiger partial charge in [0.1, 0.15) is 0 Å². The van der Waals surface area contributed by atoms with Crippen molar-refractivity contribution in [3.8, 4) is 0 Å². The van der Waals surface area contributed by atoms with Gasteiger partial charge >= 0.3 is 7.01 Å². The highest BCUT2D eigenvalue weighted by Gasteiger charge is 2.63. The molecule has 0 radical (unpaired) electrons. The van der Waals surface area contributed by atoms with Crippen LogP contribution in [0.2, 0.25) is 0 Å². The lowest BCUT2D eigenvalue weighted by molar-refractivity contribution is 0.00578. The second kappa shape index (κ2) is 4.85. The van der Waals surface area contributed by atoms with Gasteiger partial charge < -0.3 is 18.6 Å². The van der Waals surface area contributed by atoms with Crippen LogP contribution in [0.3, 0.4) is 0 Å². The summed E-state index contributed by atoms with van der Waals surface area (Å²) in [4.78, 5) is 0. The van der Waals surface area contributed by atoms with Crippen molar-refractivity contribution < 1.29 is 18.6 Å². The number of allylic oxidation sites excluding steroid dienone is 2. The maximum absolute atomic E-state index is 6.50. The molecule has 2 saturated heterocycles. The van der Waals surface area contributed by atoms with Crippen molar-refractivity contribution in [2.75, 3.05) is 0 Å². The van der Waals surface area contributed by atoms with E-state index in [1.165, 1.54) is 0 Å². The van der Waals surface area contributed by atoms with Gasteiger partial charge in [-0.25, -0.2) is 0 Å². The van der Waals surface area contributed by atoms with Gasteiger partial charge in [0.15, 0.2) is 0 Å². The van der Waals surface area contributed by atoms with Crippen molar-refractivity contribution in [1.29, 1.82) is 0 Å². The molecule has 0 spiro atoms. The largest absolute Gasteiger partial charge is 0.560 e. The SMILES string of the molecule is C/C=C(\C)[B-]1(B2OC(C)(C)C(C)(C)O2)OC(C)(C)C(C)(C)O1. The molecular formula is C16H31B2O4-. The van der Waals surface area contributed by atoms with Crippen molar-refractivity contribution >= 4 is 13.5 Å². The molecule has 2 aliphatic rings. The Balaban J connectivity index is 2.48. The molecule has 0 aliphatic carbocycles. The monoisotopic (exact) mass is 309 g/mol. The highest BCUT2D eigenvalue weighted by atomic mass is 16.7. The molecule has 2 fully saturated rings. The van der Waals surface area contributed by atoms with Crippen LogP contribution in [-0.2, 0) is 18.6 Å². The fourth-order valence-electron chi connectivity index (χ4n) is 3.00. The zero-order valence-corrected chi connectivity index (χ0v) is 15.9. The summed E-state index contributed by atoms with van der Waals surface area (Å²) in [6.07, 6.45) is 0.193. The summed E-state index contributed by atoms with van der Waals surface area (Å²) in [7, 11) is -0.540. The minimum Gasteiger partial charge on any atom is -0.560 e. The molecule has 0 atom stereocenters. The summed E-state index contributed by atoms with van der Waals surface area (Å²) >= 11 is 0. The summed E-state index contributed by atoms with van der Waals surface area (Å²) in [6, 6.07) is 0. The molecule has 0 unspecified atom stereocenters. The summed E-state index contributed by atoms with van der Waals surface area (Å²) in [5.74, 6) is 0. The van der Waals surface area contributed by atoms with Crippen molar-refractivity contribution in [3.05, 3.63) is 11.5 Å². The summed E-state index contributed by atoms with van der Waals surface area (Å²) in [5.41, 5.74) is -0.660. The minimum absolute atomic E-state index is 0.413. The van der Waals surface area contributed by atoms with E-state index in [9.17, 15) is 0 Å². The quantitative estimate of drug-likeness (QED) is 0.729. The Morgan fingerprint density at radius 3 is 1.45 bits per heavy atom. The van der Waals surface area contributed by atoms with Gasteiger partial charge in [-0.15, -0.1) is 6.08 Å². The molecule has 6 heteroatoms. The molecule has 2 aliphatic heterocycles. The zero-order valence-electron chi connectivity index (χ0n) is 15.9. The molecule has 4 nitrogen and oxygen atoms in total. The third kappa shape index (κ3) is 2.39. The first-order valence-corrected chi connectivity index (χ1v) is 8.25. The molecular weight excluding hydrogens is 278 g/mol. The third-order valence-corrected chi connectivity index (χ3v) is 6.11. The number of rotatable bonds is 2. The first kappa shape index (κ1) is 18.1. The predicted molar refractivity (Wildman–Crippen MR) is 91.6 cm³/mol. The Kier molecular flexibility index (Phi) is 3.98.